The van der Waals surface area contributed by atoms with Gasteiger partial charge < -0.3 is 4.74 Å². The summed E-state index contributed by atoms with van der Waals surface area (Å²) in [5.41, 5.74) is 0.265. The number of alkyl halides is 4. The van der Waals surface area contributed by atoms with Gasteiger partial charge in [0.1, 0.15) is 11.5 Å². The number of hydrogen-bond acceptors (Lipinski definition) is 3. The topological polar surface area (TPSA) is 43.4 Å². The van der Waals surface area contributed by atoms with Gasteiger partial charge in [0.25, 0.3) is 0 Å². The standard InChI is InChI=1S/C11H8BrF3O3/c1-6(17)10(12)9-3-2-8(4-7(9)5-16)18-11(13,14)15/h2-5,10H,1H3. The molecule has 1 unspecified atom stereocenters. The zero-order valence-electron chi connectivity index (χ0n) is 9.12. The molecule has 7 heteroatoms. The molecule has 0 bridgehead atoms. The van der Waals surface area contributed by atoms with Gasteiger partial charge in [0.2, 0.25) is 0 Å². The van der Waals surface area contributed by atoms with Gasteiger partial charge in [-0.1, -0.05) is 22.0 Å². The van der Waals surface area contributed by atoms with Gasteiger partial charge in [0.15, 0.2) is 6.29 Å². The Bertz CT molecular complexity index is 471. The lowest BCUT2D eigenvalue weighted by molar-refractivity contribution is -0.274. The fourth-order valence-corrected chi connectivity index (χ4v) is 1.72. The highest BCUT2D eigenvalue weighted by Gasteiger charge is 2.31. The molecule has 18 heavy (non-hydrogen) atoms. The predicted octanol–water partition coefficient (Wildman–Crippen LogP) is 3.42. The van der Waals surface area contributed by atoms with E-state index in [2.05, 4.69) is 20.7 Å². The van der Waals surface area contributed by atoms with Crippen LogP contribution in [0.2, 0.25) is 0 Å². The van der Waals surface area contributed by atoms with Crippen molar-refractivity contribution >= 4 is 28.0 Å². The van der Waals surface area contributed by atoms with Crippen molar-refractivity contribution in [1.82, 2.24) is 0 Å². The number of halogens is 4. The third kappa shape index (κ3) is 3.83. The average Bonchev–Trinajstić information content (AvgIpc) is 2.25. The zero-order chi connectivity index (χ0) is 13.9. The molecule has 0 amide bonds. The van der Waals surface area contributed by atoms with Gasteiger partial charge >= 0.3 is 6.36 Å². The van der Waals surface area contributed by atoms with Crippen molar-refractivity contribution in [3.05, 3.63) is 29.3 Å². The molecule has 0 spiro atoms. The van der Waals surface area contributed by atoms with Crippen LogP contribution in [-0.2, 0) is 4.79 Å². The van der Waals surface area contributed by atoms with E-state index in [1.165, 1.54) is 13.0 Å². The molecule has 0 saturated heterocycles. The lowest BCUT2D eigenvalue weighted by Gasteiger charge is -2.13. The van der Waals surface area contributed by atoms with Gasteiger partial charge in [-0.2, -0.15) is 0 Å². The number of Topliss-reactive ketones (excluding diaryl/α,β-unsaturated/α-hetero) is 1. The highest BCUT2D eigenvalue weighted by Crippen LogP contribution is 2.30. The lowest BCUT2D eigenvalue weighted by atomic mass is 10.0. The van der Waals surface area contributed by atoms with Crippen LogP contribution in [0.1, 0.15) is 27.7 Å². The molecule has 98 valence electrons. The summed E-state index contributed by atoms with van der Waals surface area (Å²) >= 11 is 3.06. The van der Waals surface area contributed by atoms with Gasteiger partial charge in [0, 0.05) is 5.56 Å². The van der Waals surface area contributed by atoms with E-state index in [0.29, 0.717) is 11.8 Å². The Morgan fingerprint density at radius 3 is 2.50 bits per heavy atom. The van der Waals surface area contributed by atoms with Gasteiger partial charge in [0.05, 0.1) is 4.83 Å². The molecule has 1 aromatic carbocycles. The van der Waals surface area contributed by atoms with E-state index < -0.39 is 16.9 Å². The van der Waals surface area contributed by atoms with Gasteiger partial charge in [-0.15, -0.1) is 13.2 Å². The van der Waals surface area contributed by atoms with Crippen molar-refractivity contribution in [2.45, 2.75) is 18.1 Å². The van der Waals surface area contributed by atoms with Crippen LogP contribution in [0, 0.1) is 0 Å². The van der Waals surface area contributed by atoms with Crippen molar-refractivity contribution in [3.63, 3.8) is 0 Å². The number of carbonyl (C=O) groups excluding carboxylic acids is 2. The number of hydrogen-bond donors (Lipinski definition) is 0. The van der Waals surface area contributed by atoms with Crippen LogP contribution in [0.4, 0.5) is 13.2 Å². The summed E-state index contributed by atoms with van der Waals surface area (Å²) in [5, 5.41) is 0. The zero-order valence-corrected chi connectivity index (χ0v) is 10.7. The Kier molecular flexibility index (Phi) is 4.50. The summed E-state index contributed by atoms with van der Waals surface area (Å²) in [7, 11) is 0. The number of carbonyl (C=O) groups is 2. The normalized spacial score (nSPS) is 12.9. The van der Waals surface area contributed by atoms with E-state index >= 15 is 0 Å². The first-order valence-corrected chi connectivity index (χ1v) is 5.65. The number of ether oxygens (including phenoxy) is 1. The smallest absolute Gasteiger partial charge is 0.406 e. The summed E-state index contributed by atoms with van der Waals surface area (Å²) in [6.07, 6.45) is -4.45. The molecule has 0 heterocycles. The molecule has 0 aromatic heterocycles. The van der Waals surface area contributed by atoms with Gasteiger partial charge in [-0.05, 0) is 24.6 Å². The summed E-state index contributed by atoms with van der Waals surface area (Å²) in [4.78, 5) is 21.2. The Morgan fingerprint density at radius 2 is 2.06 bits per heavy atom. The molecule has 1 aromatic rings. The molecule has 0 aliphatic heterocycles. The number of ketones is 1. The van der Waals surface area contributed by atoms with Crippen LogP contribution in [0.5, 0.6) is 5.75 Å². The Hall–Kier alpha value is -1.37. The fraction of sp³-hybridized carbons (Fsp3) is 0.273. The second-order valence-corrected chi connectivity index (χ2v) is 4.35. The van der Waals surface area contributed by atoms with Crippen LogP contribution in [0.3, 0.4) is 0 Å². The first-order chi connectivity index (χ1) is 8.24. The summed E-state index contributed by atoms with van der Waals surface area (Å²) in [6, 6.07) is 3.23. The van der Waals surface area contributed by atoms with Crippen molar-refractivity contribution in [2.24, 2.45) is 0 Å². The molecular formula is C11H8BrF3O3. The molecule has 0 saturated carbocycles. The van der Waals surface area contributed by atoms with Gasteiger partial charge in [-0.25, -0.2) is 0 Å². The first kappa shape index (κ1) is 14.7. The predicted molar refractivity (Wildman–Crippen MR) is 60.9 cm³/mol. The van der Waals surface area contributed by atoms with E-state index in [1.807, 2.05) is 0 Å². The number of aldehydes is 1. The quantitative estimate of drug-likeness (QED) is 0.629. The van der Waals surface area contributed by atoms with Crippen LogP contribution in [-0.4, -0.2) is 18.4 Å². The monoisotopic (exact) mass is 324 g/mol. The SMILES string of the molecule is CC(=O)C(Br)c1ccc(OC(F)(F)F)cc1C=O. The lowest BCUT2D eigenvalue weighted by Crippen LogP contribution is -2.17. The van der Waals surface area contributed by atoms with E-state index in [1.54, 1.807) is 0 Å². The maximum absolute atomic E-state index is 12.0. The molecule has 0 radical (unpaired) electrons. The minimum absolute atomic E-state index is 0.0335. The second-order valence-electron chi connectivity index (χ2n) is 3.43. The summed E-state index contributed by atoms with van der Waals surface area (Å²) in [6.45, 7) is 1.30. The average molecular weight is 325 g/mol. The van der Waals surface area contributed by atoms with Crippen molar-refractivity contribution in [1.29, 1.82) is 0 Å². The van der Waals surface area contributed by atoms with E-state index in [4.69, 9.17) is 0 Å². The summed E-state index contributed by atoms with van der Waals surface area (Å²) in [5.74, 6) is -0.765. The highest BCUT2D eigenvalue weighted by molar-refractivity contribution is 9.09. The van der Waals surface area contributed by atoms with Crippen LogP contribution >= 0.6 is 15.9 Å². The molecule has 1 rings (SSSR count). The number of benzene rings is 1. The minimum atomic E-state index is -4.82. The van der Waals surface area contributed by atoms with Crippen molar-refractivity contribution < 1.29 is 27.5 Å². The van der Waals surface area contributed by atoms with Crippen molar-refractivity contribution in [2.75, 3.05) is 0 Å². The highest BCUT2D eigenvalue weighted by atomic mass is 79.9. The molecule has 0 fully saturated rings. The molecular weight excluding hydrogens is 317 g/mol. The fourth-order valence-electron chi connectivity index (χ4n) is 1.30. The largest absolute Gasteiger partial charge is 0.573 e. The molecule has 3 nitrogen and oxygen atoms in total. The van der Waals surface area contributed by atoms with E-state index in [9.17, 15) is 22.8 Å². The third-order valence-corrected chi connectivity index (χ3v) is 3.19. The maximum atomic E-state index is 12.0. The van der Waals surface area contributed by atoms with Gasteiger partial charge in [-0.3, -0.25) is 9.59 Å². The van der Waals surface area contributed by atoms with Crippen LogP contribution in [0.15, 0.2) is 18.2 Å². The summed E-state index contributed by atoms with van der Waals surface area (Å²) < 4.78 is 39.7. The molecule has 0 aliphatic carbocycles. The minimum Gasteiger partial charge on any atom is -0.406 e. The maximum Gasteiger partial charge on any atom is 0.573 e. The van der Waals surface area contributed by atoms with Crippen LogP contribution in [0.25, 0.3) is 0 Å². The molecule has 0 N–H and O–H groups in total. The van der Waals surface area contributed by atoms with Crippen LogP contribution < -0.4 is 4.74 Å². The Labute approximate surface area is 109 Å². The Balaban J connectivity index is 3.11. The molecule has 0 aliphatic rings. The molecule has 1 atom stereocenters. The van der Waals surface area contributed by atoms with E-state index in [0.717, 1.165) is 12.1 Å². The van der Waals surface area contributed by atoms with E-state index in [-0.39, 0.29) is 11.3 Å². The third-order valence-electron chi connectivity index (χ3n) is 2.05. The second kappa shape index (κ2) is 5.51. The first-order valence-electron chi connectivity index (χ1n) is 4.74. The Morgan fingerprint density at radius 1 is 1.44 bits per heavy atom. The van der Waals surface area contributed by atoms with Crippen molar-refractivity contribution in [3.8, 4) is 5.75 Å². The number of rotatable bonds is 4.